The number of imidazole rings is 1. The molecule has 1 heterocycles. The van der Waals surface area contributed by atoms with Gasteiger partial charge in [0, 0.05) is 25.1 Å². The molecule has 110 valence electrons. The third-order valence-electron chi connectivity index (χ3n) is 4.43. The van der Waals surface area contributed by atoms with Crippen LogP contribution in [0.4, 0.5) is 5.69 Å². The van der Waals surface area contributed by atoms with E-state index in [1.165, 1.54) is 0 Å². The smallest absolute Gasteiger partial charge is 0.314 e. The number of carboxylic acids is 1. The maximum absolute atomic E-state index is 11.5. The fourth-order valence-corrected chi connectivity index (χ4v) is 2.81. The van der Waals surface area contributed by atoms with Gasteiger partial charge in [0.2, 0.25) is 0 Å². The van der Waals surface area contributed by atoms with E-state index in [9.17, 15) is 9.90 Å². The van der Waals surface area contributed by atoms with Crippen LogP contribution in [0.25, 0.3) is 0 Å². The first-order valence-corrected chi connectivity index (χ1v) is 7.16. The zero-order valence-electron chi connectivity index (χ0n) is 12.0. The Bertz CT molecular complexity index is 642. The molecule has 0 spiro atoms. The normalized spacial score (nSPS) is 16.2. The molecule has 2 aromatic rings. The predicted molar refractivity (Wildman–Crippen MR) is 80.1 cm³/mol. The number of hydrogen-bond acceptors (Lipinski definition) is 3. The molecule has 5 nitrogen and oxygen atoms in total. The number of rotatable bonds is 5. The van der Waals surface area contributed by atoms with Gasteiger partial charge in [-0.3, -0.25) is 4.79 Å². The Morgan fingerprint density at radius 2 is 2.10 bits per heavy atom. The Balaban J connectivity index is 1.70. The van der Waals surface area contributed by atoms with Crippen molar-refractivity contribution in [3.63, 3.8) is 0 Å². The third kappa shape index (κ3) is 2.39. The lowest BCUT2D eigenvalue weighted by Crippen LogP contribution is -2.42. The van der Waals surface area contributed by atoms with Gasteiger partial charge < -0.3 is 15.0 Å². The van der Waals surface area contributed by atoms with Crippen molar-refractivity contribution >= 4 is 11.7 Å². The van der Waals surface area contributed by atoms with Crippen LogP contribution in [0.1, 0.15) is 30.7 Å². The van der Waals surface area contributed by atoms with Crippen LogP contribution in [0.15, 0.2) is 36.7 Å². The van der Waals surface area contributed by atoms with Gasteiger partial charge in [-0.1, -0.05) is 18.6 Å². The highest BCUT2D eigenvalue weighted by Gasteiger charge is 2.45. The fourth-order valence-electron chi connectivity index (χ4n) is 2.81. The predicted octanol–water partition coefficient (Wildman–Crippen LogP) is 2.54. The van der Waals surface area contributed by atoms with E-state index in [-0.39, 0.29) is 0 Å². The van der Waals surface area contributed by atoms with Gasteiger partial charge >= 0.3 is 5.97 Å². The number of nitrogens with zero attached hydrogens (tertiary/aromatic N) is 2. The molecule has 2 N–H and O–H groups in total. The van der Waals surface area contributed by atoms with E-state index in [0.29, 0.717) is 6.54 Å². The van der Waals surface area contributed by atoms with E-state index in [4.69, 9.17) is 0 Å². The van der Waals surface area contributed by atoms with Crippen molar-refractivity contribution in [2.45, 2.75) is 31.2 Å². The maximum atomic E-state index is 11.5. The molecule has 0 unspecified atom stereocenters. The van der Waals surface area contributed by atoms with Crippen molar-refractivity contribution < 1.29 is 9.90 Å². The van der Waals surface area contributed by atoms with E-state index < -0.39 is 11.4 Å². The Kier molecular flexibility index (Phi) is 3.41. The van der Waals surface area contributed by atoms with Crippen LogP contribution in [-0.2, 0) is 23.8 Å². The summed E-state index contributed by atoms with van der Waals surface area (Å²) in [6.45, 7) is 0.646. The van der Waals surface area contributed by atoms with Crippen molar-refractivity contribution in [3.8, 4) is 0 Å². The molecule has 0 atom stereocenters. The van der Waals surface area contributed by atoms with Crippen LogP contribution in [-0.4, -0.2) is 20.6 Å². The first kappa shape index (κ1) is 13.7. The first-order chi connectivity index (χ1) is 10.1. The van der Waals surface area contributed by atoms with Crippen molar-refractivity contribution in [3.05, 3.63) is 48.0 Å². The molecule has 1 saturated carbocycles. The van der Waals surface area contributed by atoms with Crippen LogP contribution in [0, 0.1) is 0 Å². The van der Waals surface area contributed by atoms with Crippen molar-refractivity contribution in [2.24, 2.45) is 7.05 Å². The SMILES string of the molecule is Cn1ccnc1CNc1ccc(C2(C(=O)O)CCC2)cc1. The number of nitrogens with one attached hydrogen (secondary N) is 1. The third-order valence-corrected chi connectivity index (χ3v) is 4.43. The number of carboxylic acid groups (broad SMARTS) is 1. The summed E-state index contributed by atoms with van der Waals surface area (Å²) in [6.07, 6.45) is 6.15. The molecule has 3 rings (SSSR count). The lowest BCUT2D eigenvalue weighted by Gasteiger charge is -2.38. The fraction of sp³-hybridized carbons (Fsp3) is 0.375. The minimum Gasteiger partial charge on any atom is -0.481 e. The zero-order chi connectivity index (χ0) is 14.9. The van der Waals surface area contributed by atoms with Gasteiger partial charge in [0.15, 0.2) is 0 Å². The standard InChI is InChI=1S/C16H19N3O2/c1-19-10-9-17-14(19)11-18-13-5-3-12(4-6-13)16(15(20)21)7-2-8-16/h3-6,9-10,18H,2,7-8,11H2,1H3,(H,20,21). The van der Waals surface area contributed by atoms with E-state index in [0.717, 1.165) is 36.3 Å². The Morgan fingerprint density at radius 1 is 1.38 bits per heavy atom. The molecule has 1 aromatic carbocycles. The van der Waals surface area contributed by atoms with Crippen molar-refractivity contribution in [1.82, 2.24) is 9.55 Å². The molecule has 0 saturated heterocycles. The maximum Gasteiger partial charge on any atom is 0.314 e. The van der Waals surface area contributed by atoms with Gasteiger partial charge in [0.05, 0.1) is 12.0 Å². The van der Waals surface area contributed by atoms with Gasteiger partial charge in [-0.05, 0) is 30.5 Å². The monoisotopic (exact) mass is 285 g/mol. The summed E-state index contributed by atoms with van der Waals surface area (Å²) in [4.78, 5) is 15.7. The number of carbonyl (C=O) groups is 1. The number of hydrogen-bond donors (Lipinski definition) is 2. The molecular weight excluding hydrogens is 266 g/mol. The Labute approximate surface area is 123 Å². The molecule has 0 radical (unpaired) electrons. The van der Waals surface area contributed by atoms with Crippen LogP contribution in [0.3, 0.4) is 0 Å². The van der Waals surface area contributed by atoms with Crippen molar-refractivity contribution in [2.75, 3.05) is 5.32 Å². The van der Waals surface area contributed by atoms with Gasteiger partial charge in [0.25, 0.3) is 0 Å². The Morgan fingerprint density at radius 3 is 2.57 bits per heavy atom. The van der Waals surface area contributed by atoms with E-state index in [1.807, 2.05) is 42.1 Å². The van der Waals surface area contributed by atoms with E-state index >= 15 is 0 Å². The molecule has 0 bridgehead atoms. The second-order valence-corrected chi connectivity index (χ2v) is 5.63. The molecule has 1 aliphatic rings. The first-order valence-electron chi connectivity index (χ1n) is 7.16. The summed E-state index contributed by atoms with van der Waals surface area (Å²) in [6, 6.07) is 7.74. The molecule has 1 aromatic heterocycles. The average Bonchev–Trinajstić information content (AvgIpc) is 2.82. The highest BCUT2D eigenvalue weighted by Crippen LogP contribution is 2.44. The summed E-state index contributed by atoms with van der Waals surface area (Å²) >= 11 is 0. The largest absolute Gasteiger partial charge is 0.481 e. The number of aromatic nitrogens is 2. The molecule has 5 heteroatoms. The minimum absolute atomic E-state index is 0.646. The topological polar surface area (TPSA) is 67.2 Å². The van der Waals surface area contributed by atoms with Gasteiger partial charge in [-0.15, -0.1) is 0 Å². The molecule has 0 amide bonds. The van der Waals surface area contributed by atoms with E-state index in [1.54, 1.807) is 6.20 Å². The van der Waals surface area contributed by atoms with Gasteiger partial charge in [-0.2, -0.15) is 0 Å². The van der Waals surface area contributed by atoms with Gasteiger partial charge in [-0.25, -0.2) is 4.98 Å². The molecular formula is C16H19N3O2. The highest BCUT2D eigenvalue weighted by molar-refractivity contribution is 5.82. The number of aryl methyl sites for hydroxylation is 1. The van der Waals surface area contributed by atoms with Gasteiger partial charge in [0.1, 0.15) is 5.82 Å². The van der Waals surface area contributed by atoms with Crippen LogP contribution in [0.2, 0.25) is 0 Å². The molecule has 1 fully saturated rings. The quantitative estimate of drug-likeness (QED) is 0.886. The molecule has 21 heavy (non-hydrogen) atoms. The summed E-state index contributed by atoms with van der Waals surface area (Å²) in [7, 11) is 1.96. The molecule has 0 aliphatic heterocycles. The number of anilines is 1. The zero-order valence-corrected chi connectivity index (χ0v) is 12.0. The summed E-state index contributed by atoms with van der Waals surface area (Å²) in [5.41, 5.74) is 1.23. The lowest BCUT2D eigenvalue weighted by molar-refractivity contribution is -0.147. The lowest BCUT2D eigenvalue weighted by atomic mass is 9.64. The second-order valence-electron chi connectivity index (χ2n) is 5.63. The Hall–Kier alpha value is -2.30. The summed E-state index contributed by atoms with van der Waals surface area (Å²) < 4.78 is 1.97. The summed E-state index contributed by atoms with van der Waals surface area (Å²) in [5.74, 6) is 0.252. The second kappa shape index (κ2) is 5.24. The van der Waals surface area contributed by atoms with Crippen LogP contribution in [0.5, 0.6) is 0 Å². The van der Waals surface area contributed by atoms with Crippen LogP contribution < -0.4 is 5.32 Å². The minimum atomic E-state index is -0.706. The summed E-state index contributed by atoms with van der Waals surface area (Å²) in [5, 5.41) is 12.7. The number of benzene rings is 1. The van der Waals surface area contributed by atoms with E-state index in [2.05, 4.69) is 10.3 Å². The molecule has 1 aliphatic carbocycles. The number of aliphatic carboxylic acids is 1. The highest BCUT2D eigenvalue weighted by atomic mass is 16.4. The van der Waals surface area contributed by atoms with Crippen molar-refractivity contribution in [1.29, 1.82) is 0 Å². The average molecular weight is 285 g/mol. The van der Waals surface area contributed by atoms with Crippen LogP contribution >= 0.6 is 0 Å².